The van der Waals surface area contributed by atoms with E-state index in [2.05, 4.69) is 26.1 Å². The number of nitrogens with zero attached hydrogens (tertiary/aromatic N) is 3. The molecule has 0 saturated heterocycles. The van der Waals surface area contributed by atoms with E-state index in [1.54, 1.807) is 17.0 Å². The first-order chi connectivity index (χ1) is 17.9. The summed E-state index contributed by atoms with van der Waals surface area (Å²) in [6.45, 7) is 14.9. The molecule has 0 bridgehead atoms. The monoisotopic (exact) mass is 536 g/mol. The van der Waals surface area contributed by atoms with Gasteiger partial charge >= 0.3 is 0 Å². The average molecular weight is 537 g/mol. The molecule has 3 aromatic rings. The number of thioether (sulfide) groups is 1. The Labute approximate surface area is 229 Å². The van der Waals surface area contributed by atoms with Crippen molar-refractivity contribution in [1.29, 1.82) is 0 Å². The van der Waals surface area contributed by atoms with Gasteiger partial charge in [0.05, 0.1) is 22.4 Å². The Balaban J connectivity index is 2.00. The second-order valence-electron chi connectivity index (χ2n) is 11.4. The van der Waals surface area contributed by atoms with Crippen LogP contribution < -0.4 is 10.2 Å². The highest BCUT2D eigenvalue weighted by Gasteiger charge is 2.40. The smallest absolute Gasteiger partial charge is 0.240 e. The molecule has 1 atom stereocenters. The third kappa shape index (κ3) is 5.65. The van der Waals surface area contributed by atoms with E-state index in [0.717, 1.165) is 33.6 Å². The van der Waals surface area contributed by atoms with Gasteiger partial charge in [0.1, 0.15) is 18.2 Å². The van der Waals surface area contributed by atoms with Gasteiger partial charge in [-0.1, -0.05) is 58.9 Å². The molecule has 0 spiro atoms. The summed E-state index contributed by atoms with van der Waals surface area (Å²) in [7, 11) is 0. The van der Waals surface area contributed by atoms with Crippen molar-refractivity contribution >= 4 is 29.4 Å². The van der Waals surface area contributed by atoms with Gasteiger partial charge in [0, 0.05) is 17.5 Å². The number of carbonyl (C=O) groups excluding carboxylic acids is 2. The number of hydrogen-bond acceptors (Lipinski definition) is 4. The lowest BCUT2D eigenvalue weighted by Gasteiger charge is -2.25. The van der Waals surface area contributed by atoms with E-state index >= 15 is 0 Å². The van der Waals surface area contributed by atoms with Crippen LogP contribution in [0.5, 0.6) is 0 Å². The van der Waals surface area contributed by atoms with Crippen LogP contribution in [0.2, 0.25) is 0 Å². The quantitative estimate of drug-likeness (QED) is 0.428. The highest BCUT2D eigenvalue weighted by atomic mass is 32.2. The maximum atomic E-state index is 13.9. The number of nitrogens with one attached hydrogen (secondary N) is 1. The summed E-state index contributed by atoms with van der Waals surface area (Å²) < 4.78 is 15.7. The van der Waals surface area contributed by atoms with Gasteiger partial charge in [0.2, 0.25) is 11.8 Å². The van der Waals surface area contributed by atoms with Crippen LogP contribution >= 0.6 is 11.8 Å². The van der Waals surface area contributed by atoms with Gasteiger partial charge in [-0.25, -0.2) is 9.07 Å². The Morgan fingerprint density at radius 1 is 1.16 bits per heavy atom. The Morgan fingerprint density at radius 2 is 1.84 bits per heavy atom. The summed E-state index contributed by atoms with van der Waals surface area (Å²) in [6, 6.07) is 12.5. The molecule has 1 aliphatic heterocycles. The number of aromatic nitrogens is 2. The molecule has 0 unspecified atom stereocenters. The number of benzene rings is 2. The van der Waals surface area contributed by atoms with Crippen LogP contribution in [0.25, 0.3) is 5.69 Å². The number of rotatable bonds is 6. The van der Waals surface area contributed by atoms with Crippen LogP contribution in [0, 0.1) is 25.6 Å². The Kier molecular flexibility index (Phi) is 8.02. The molecule has 0 radical (unpaired) electrons. The summed E-state index contributed by atoms with van der Waals surface area (Å²) >= 11 is 1.49. The molecular weight excluding hydrogens is 499 g/mol. The van der Waals surface area contributed by atoms with Crippen molar-refractivity contribution in [2.75, 3.05) is 23.7 Å². The number of anilines is 1. The number of carbonyl (C=O) groups is 2. The van der Waals surface area contributed by atoms with E-state index in [1.165, 1.54) is 23.9 Å². The minimum atomic E-state index is -0.356. The maximum Gasteiger partial charge on any atom is 0.240 e. The van der Waals surface area contributed by atoms with Crippen molar-refractivity contribution in [3.05, 3.63) is 76.2 Å². The molecule has 2 amide bonds. The standard InChI is InChI=1S/C30H37FN4O2S/c1-18(2)15-32-24(36)16-34-25(37)17-38-27(21-11-13-22(31)14-12-21)26-28(30(5,6)7)33-35(29(26)34)23-10-8-9-19(3)20(23)4/h8-14,18,27H,15-17H2,1-7H3,(H,32,36)/t27-/m1/s1. The van der Waals surface area contributed by atoms with E-state index in [1.807, 2.05) is 50.6 Å². The van der Waals surface area contributed by atoms with Crippen LogP contribution in [0.1, 0.15) is 67.8 Å². The summed E-state index contributed by atoms with van der Waals surface area (Å²) in [5, 5.41) is 7.84. The van der Waals surface area contributed by atoms with Gasteiger partial charge < -0.3 is 5.32 Å². The lowest BCUT2D eigenvalue weighted by molar-refractivity contribution is -0.123. The zero-order valence-electron chi connectivity index (χ0n) is 23.3. The Hall–Kier alpha value is -3.13. The number of aryl methyl sites for hydroxylation is 1. The van der Waals surface area contributed by atoms with Crippen LogP contribution in [-0.2, 0) is 15.0 Å². The highest BCUT2D eigenvalue weighted by Crippen LogP contribution is 2.48. The SMILES string of the molecule is Cc1cccc(-n2nc(C(C)(C)C)c3c2N(CC(=O)NCC(C)C)C(=O)CS[C@@H]3c2ccc(F)cc2)c1C. The van der Waals surface area contributed by atoms with Gasteiger partial charge in [-0.2, -0.15) is 5.10 Å². The third-order valence-electron chi connectivity index (χ3n) is 6.79. The number of fused-ring (bicyclic) bond motifs is 1. The van der Waals surface area contributed by atoms with Crippen molar-refractivity contribution < 1.29 is 14.0 Å². The molecule has 1 aliphatic rings. The predicted molar refractivity (Wildman–Crippen MR) is 153 cm³/mol. The molecule has 1 N–H and O–H groups in total. The average Bonchev–Trinajstić information content (AvgIpc) is 3.18. The van der Waals surface area contributed by atoms with Crippen LogP contribution in [0.3, 0.4) is 0 Å². The lowest BCUT2D eigenvalue weighted by Crippen LogP contribution is -2.43. The highest BCUT2D eigenvalue weighted by molar-refractivity contribution is 8.00. The molecule has 0 fully saturated rings. The normalized spacial score (nSPS) is 16.0. The summed E-state index contributed by atoms with van der Waals surface area (Å²) in [5.41, 5.74) is 5.28. The fraction of sp³-hybridized carbons (Fsp3) is 0.433. The van der Waals surface area contributed by atoms with E-state index in [-0.39, 0.29) is 40.6 Å². The first kappa shape index (κ1) is 27.9. The Bertz CT molecular complexity index is 1340. The van der Waals surface area contributed by atoms with Crippen molar-refractivity contribution in [2.45, 2.75) is 59.1 Å². The van der Waals surface area contributed by atoms with Crippen molar-refractivity contribution in [2.24, 2.45) is 5.92 Å². The van der Waals surface area contributed by atoms with Gasteiger partial charge in [0.15, 0.2) is 0 Å². The molecule has 0 saturated carbocycles. The van der Waals surface area contributed by atoms with Gasteiger partial charge in [-0.05, 0) is 54.7 Å². The maximum absolute atomic E-state index is 13.9. The second-order valence-corrected chi connectivity index (χ2v) is 12.5. The molecule has 4 rings (SSSR count). The molecular formula is C30H37FN4O2S. The van der Waals surface area contributed by atoms with Gasteiger partial charge in [-0.15, -0.1) is 11.8 Å². The predicted octanol–water partition coefficient (Wildman–Crippen LogP) is 5.87. The van der Waals surface area contributed by atoms with E-state index in [4.69, 9.17) is 5.10 Å². The Morgan fingerprint density at radius 3 is 2.47 bits per heavy atom. The van der Waals surface area contributed by atoms with Crippen LogP contribution in [0.4, 0.5) is 10.2 Å². The minimum absolute atomic E-state index is 0.102. The molecule has 6 nitrogen and oxygen atoms in total. The summed E-state index contributed by atoms with van der Waals surface area (Å²) in [5.74, 6) is 0.397. The molecule has 8 heteroatoms. The number of hydrogen-bond donors (Lipinski definition) is 1. The van der Waals surface area contributed by atoms with E-state index in [0.29, 0.717) is 18.3 Å². The molecule has 202 valence electrons. The molecule has 2 heterocycles. The lowest BCUT2D eigenvalue weighted by atomic mass is 9.87. The zero-order valence-corrected chi connectivity index (χ0v) is 24.1. The van der Waals surface area contributed by atoms with E-state index in [9.17, 15) is 14.0 Å². The van der Waals surface area contributed by atoms with Crippen LogP contribution in [-0.4, -0.2) is 40.4 Å². The minimum Gasteiger partial charge on any atom is -0.354 e. The van der Waals surface area contributed by atoms with Crippen LogP contribution in [0.15, 0.2) is 42.5 Å². The summed E-state index contributed by atoms with van der Waals surface area (Å²) in [6.07, 6.45) is 0. The van der Waals surface area contributed by atoms with Crippen molar-refractivity contribution in [3.8, 4) is 5.69 Å². The topological polar surface area (TPSA) is 67.2 Å². The molecule has 1 aromatic heterocycles. The largest absolute Gasteiger partial charge is 0.354 e. The van der Waals surface area contributed by atoms with Crippen molar-refractivity contribution in [3.63, 3.8) is 0 Å². The molecule has 2 aromatic carbocycles. The number of amides is 2. The van der Waals surface area contributed by atoms with Gasteiger partial charge in [0.25, 0.3) is 0 Å². The molecule has 0 aliphatic carbocycles. The van der Waals surface area contributed by atoms with Gasteiger partial charge in [-0.3, -0.25) is 14.5 Å². The fourth-order valence-corrected chi connectivity index (χ4v) is 5.82. The molecule has 38 heavy (non-hydrogen) atoms. The first-order valence-corrected chi connectivity index (χ1v) is 14.1. The van der Waals surface area contributed by atoms with E-state index < -0.39 is 0 Å². The fourth-order valence-electron chi connectivity index (χ4n) is 4.62. The third-order valence-corrected chi connectivity index (χ3v) is 8.04. The first-order valence-electron chi connectivity index (χ1n) is 13.0. The summed E-state index contributed by atoms with van der Waals surface area (Å²) in [4.78, 5) is 28.4. The zero-order chi connectivity index (χ0) is 27.8. The van der Waals surface area contributed by atoms with Crippen molar-refractivity contribution in [1.82, 2.24) is 15.1 Å². The second kappa shape index (κ2) is 10.9. The number of halogens is 1.